The average Bonchev–Trinajstić information content (AvgIpc) is 3.24. The maximum absolute atomic E-state index is 13.1. The largest absolute Gasteiger partial charge is 0.465 e. The molecule has 7 heteroatoms. The second-order valence-corrected chi connectivity index (χ2v) is 7.46. The highest BCUT2D eigenvalue weighted by Gasteiger charge is 2.27. The maximum atomic E-state index is 13.1. The highest BCUT2D eigenvalue weighted by Crippen LogP contribution is 2.27. The molecule has 0 heterocycles. The molecule has 0 bridgehead atoms. The zero-order chi connectivity index (χ0) is 22.2. The van der Waals surface area contributed by atoms with Gasteiger partial charge < -0.3 is 14.8 Å². The van der Waals surface area contributed by atoms with Crippen LogP contribution in [0.4, 0.5) is 10.5 Å². The van der Waals surface area contributed by atoms with Crippen LogP contribution >= 0.6 is 0 Å². The van der Waals surface area contributed by atoms with Crippen molar-refractivity contribution in [3.05, 3.63) is 65.2 Å². The predicted octanol–water partition coefficient (Wildman–Crippen LogP) is 3.39. The van der Waals surface area contributed by atoms with Crippen molar-refractivity contribution in [2.75, 3.05) is 18.1 Å². The first kappa shape index (κ1) is 22.3. The predicted molar refractivity (Wildman–Crippen MR) is 117 cm³/mol. The molecule has 0 radical (unpaired) electrons. The highest BCUT2D eigenvalue weighted by molar-refractivity contribution is 6.01. The Hall–Kier alpha value is -3.35. The Balaban J connectivity index is 1.67. The molecule has 1 atom stereocenters. The third-order valence-electron chi connectivity index (χ3n) is 5.17. The number of ether oxygens (including phenoxy) is 2. The van der Waals surface area contributed by atoms with Gasteiger partial charge in [-0.15, -0.1) is 0 Å². The summed E-state index contributed by atoms with van der Waals surface area (Å²) >= 11 is 0. The zero-order valence-electron chi connectivity index (χ0n) is 17.9. The van der Waals surface area contributed by atoms with Gasteiger partial charge in [-0.3, -0.25) is 14.5 Å². The van der Waals surface area contributed by atoms with Crippen LogP contribution in [-0.4, -0.2) is 37.2 Å². The van der Waals surface area contributed by atoms with Gasteiger partial charge in [0.1, 0.15) is 19.2 Å². The number of rotatable bonds is 8. The van der Waals surface area contributed by atoms with Crippen LogP contribution in [0, 0.1) is 0 Å². The first-order valence-corrected chi connectivity index (χ1v) is 10.5. The molecule has 2 amide bonds. The van der Waals surface area contributed by atoms with Gasteiger partial charge in [0.2, 0.25) is 5.91 Å². The minimum absolute atomic E-state index is 0.102. The van der Waals surface area contributed by atoms with Crippen molar-refractivity contribution in [3.8, 4) is 0 Å². The van der Waals surface area contributed by atoms with Gasteiger partial charge in [-0.25, -0.2) is 4.79 Å². The summed E-state index contributed by atoms with van der Waals surface area (Å²) in [6.45, 7) is 3.39. The van der Waals surface area contributed by atoms with Gasteiger partial charge in [0, 0.05) is 5.69 Å². The van der Waals surface area contributed by atoms with E-state index in [1.54, 1.807) is 13.8 Å². The van der Waals surface area contributed by atoms with Crippen molar-refractivity contribution >= 4 is 23.7 Å². The number of hydrogen-bond acceptors (Lipinski definition) is 5. The third kappa shape index (κ3) is 6.07. The van der Waals surface area contributed by atoms with Crippen LogP contribution in [0.15, 0.2) is 48.5 Å². The topological polar surface area (TPSA) is 84.9 Å². The molecule has 0 fully saturated rings. The molecular formula is C24H28N2O5. The van der Waals surface area contributed by atoms with E-state index in [2.05, 4.69) is 5.32 Å². The molecule has 0 spiro atoms. The minimum Gasteiger partial charge on any atom is -0.465 e. The molecular weight excluding hydrogens is 396 g/mol. The van der Waals surface area contributed by atoms with Gasteiger partial charge in [0.25, 0.3) is 0 Å². The number of carbonyl (C=O) groups is 3. The first-order chi connectivity index (χ1) is 15.0. The molecule has 2 aromatic rings. The lowest BCUT2D eigenvalue weighted by atomic mass is 10.1. The number of fused-ring (bicyclic) bond motifs is 1. The molecule has 1 aliphatic carbocycles. The summed E-state index contributed by atoms with van der Waals surface area (Å²) in [5.41, 5.74) is 3.91. The summed E-state index contributed by atoms with van der Waals surface area (Å²) < 4.78 is 10.2. The van der Waals surface area contributed by atoms with E-state index in [1.165, 1.54) is 16.0 Å². The van der Waals surface area contributed by atoms with E-state index in [0.717, 1.165) is 24.8 Å². The minimum atomic E-state index is -0.883. The number of aryl methyl sites for hydroxylation is 2. The summed E-state index contributed by atoms with van der Waals surface area (Å²) in [5.74, 6) is -0.919. The Morgan fingerprint density at radius 3 is 2.52 bits per heavy atom. The van der Waals surface area contributed by atoms with Crippen molar-refractivity contribution in [1.29, 1.82) is 0 Å². The molecule has 0 aromatic heterocycles. The number of benzene rings is 2. The Labute approximate surface area is 182 Å². The Bertz CT molecular complexity index is 929. The second-order valence-electron chi connectivity index (χ2n) is 7.46. The molecule has 164 valence electrons. The number of nitrogens with one attached hydrogen (secondary N) is 1. The molecule has 1 aliphatic rings. The lowest BCUT2D eigenvalue weighted by Gasteiger charge is -2.26. The number of hydrogen-bond donors (Lipinski definition) is 1. The lowest BCUT2D eigenvalue weighted by molar-refractivity contribution is -0.142. The smallest absolute Gasteiger partial charge is 0.408 e. The summed E-state index contributed by atoms with van der Waals surface area (Å²) in [6.07, 6.45) is 2.35. The van der Waals surface area contributed by atoms with Crippen molar-refractivity contribution in [2.24, 2.45) is 0 Å². The van der Waals surface area contributed by atoms with Gasteiger partial charge in [-0.2, -0.15) is 0 Å². The van der Waals surface area contributed by atoms with Crippen molar-refractivity contribution in [1.82, 2.24) is 5.32 Å². The van der Waals surface area contributed by atoms with Crippen molar-refractivity contribution < 1.29 is 23.9 Å². The van der Waals surface area contributed by atoms with Gasteiger partial charge in [0.05, 0.1) is 6.61 Å². The number of carbonyl (C=O) groups excluding carboxylic acids is 3. The quantitative estimate of drug-likeness (QED) is 0.657. The highest BCUT2D eigenvalue weighted by atomic mass is 16.5. The maximum Gasteiger partial charge on any atom is 0.408 e. The van der Waals surface area contributed by atoms with Crippen LogP contribution in [0.25, 0.3) is 0 Å². The van der Waals surface area contributed by atoms with Gasteiger partial charge >= 0.3 is 12.1 Å². The van der Waals surface area contributed by atoms with Crippen molar-refractivity contribution in [3.63, 3.8) is 0 Å². The van der Waals surface area contributed by atoms with Crippen LogP contribution in [0.3, 0.4) is 0 Å². The number of alkyl carbamates (subject to hydrolysis) is 1. The third-order valence-corrected chi connectivity index (χ3v) is 5.17. The molecule has 3 rings (SSSR count). The average molecular weight is 424 g/mol. The van der Waals surface area contributed by atoms with E-state index in [9.17, 15) is 14.4 Å². The fourth-order valence-electron chi connectivity index (χ4n) is 3.60. The standard InChI is InChI=1S/C24H28N2O5/c1-3-30-22(27)15-26(21-13-12-19-10-7-11-20(19)14-21)23(28)17(2)25-24(29)31-16-18-8-5-4-6-9-18/h4-6,8-9,12-14,17H,3,7,10-11,15-16H2,1-2H3,(H,25,29)/t17-/m0/s1. The summed E-state index contributed by atoms with van der Waals surface area (Å²) in [5, 5.41) is 2.55. The lowest BCUT2D eigenvalue weighted by Crippen LogP contribution is -2.49. The zero-order valence-corrected chi connectivity index (χ0v) is 17.9. The summed E-state index contributed by atoms with van der Waals surface area (Å²) in [7, 11) is 0. The number of anilines is 1. The normalized spacial score (nSPS) is 13.1. The van der Waals surface area contributed by atoms with Crippen LogP contribution < -0.4 is 10.2 Å². The van der Waals surface area contributed by atoms with E-state index in [-0.39, 0.29) is 19.8 Å². The number of esters is 1. The van der Waals surface area contributed by atoms with E-state index >= 15 is 0 Å². The van der Waals surface area contributed by atoms with Gasteiger partial charge in [-0.1, -0.05) is 36.4 Å². The van der Waals surface area contributed by atoms with Gasteiger partial charge in [-0.05, 0) is 61.9 Å². The van der Waals surface area contributed by atoms with E-state index in [4.69, 9.17) is 9.47 Å². The number of nitrogens with zero attached hydrogens (tertiary/aromatic N) is 1. The molecule has 0 unspecified atom stereocenters. The first-order valence-electron chi connectivity index (χ1n) is 10.5. The summed E-state index contributed by atoms with van der Waals surface area (Å²) in [4.78, 5) is 38.8. The second kappa shape index (κ2) is 10.6. The Kier molecular flexibility index (Phi) is 7.65. The van der Waals surface area contributed by atoms with E-state index < -0.39 is 24.0 Å². The van der Waals surface area contributed by atoms with Crippen molar-refractivity contribution in [2.45, 2.75) is 45.8 Å². The number of amides is 2. The molecule has 0 aliphatic heterocycles. The fraction of sp³-hybridized carbons (Fsp3) is 0.375. The van der Waals surface area contributed by atoms with E-state index in [1.807, 2.05) is 48.5 Å². The fourth-order valence-corrected chi connectivity index (χ4v) is 3.60. The van der Waals surface area contributed by atoms with Gasteiger partial charge in [0.15, 0.2) is 0 Å². The van der Waals surface area contributed by atoms with Crippen LogP contribution in [0.5, 0.6) is 0 Å². The Morgan fingerprint density at radius 1 is 1.03 bits per heavy atom. The van der Waals surface area contributed by atoms with Crippen LogP contribution in [0.2, 0.25) is 0 Å². The monoisotopic (exact) mass is 424 g/mol. The molecule has 7 nitrogen and oxygen atoms in total. The molecule has 1 N–H and O–H groups in total. The van der Waals surface area contributed by atoms with Crippen LogP contribution in [-0.2, 0) is 38.5 Å². The van der Waals surface area contributed by atoms with E-state index in [0.29, 0.717) is 5.69 Å². The SMILES string of the molecule is CCOC(=O)CN(C(=O)[C@H](C)NC(=O)OCc1ccccc1)c1ccc2c(c1)CCC2. The Morgan fingerprint density at radius 2 is 1.77 bits per heavy atom. The molecule has 0 saturated heterocycles. The molecule has 2 aromatic carbocycles. The molecule has 31 heavy (non-hydrogen) atoms. The summed E-state index contributed by atoms with van der Waals surface area (Å²) in [6, 6.07) is 14.2. The molecule has 0 saturated carbocycles. The van der Waals surface area contributed by atoms with Crippen LogP contribution in [0.1, 0.15) is 37.0 Å².